The first-order valence-electron chi connectivity index (χ1n) is 9.01. The van der Waals surface area contributed by atoms with Gasteiger partial charge in [-0.3, -0.25) is 4.90 Å². The summed E-state index contributed by atoms with van der Waals surface area (Å²) in [6.07, 6.45) is -3.41. The molecule has 10 heteroatoms. The molecule has 0 N–H and O–H groups in total. The number of aromatic nitrogens is 2. The highest BCUT2D eigenvalue weighted by molar-refractivity contribution is 7.15. The van der Waals surface area contributed by atoms with Crippen molar-refractivity contribution in [3.63, 3.8) is 0 Å². The number of methoxy groups -OCH3 is 1. The fourth-order valence-electron chi connectivity index (χ4n) is 3.11. The van der Waals surface area contributed by atoms with E-state index in [4.69, 9.17) is 9.72 Å². The summed E-state index contributed by atoms with van der Waals surface area (Å²) >= 11 is 2.31. The van der Waals surface area contributed by atoms with Crippen molar-refractivity contribution >= 4 is 27.8 Å². The Hall–Kier alpha value is -2.17. The third-order valence-electron chi connectivity index (χ3n) is 4.69. The van der Waals surface area contributed by atoms with Gasteiger partial charge in [-0.05, 0) is 24.3 Å². The predicted molar refractivity (Wildman–Crippen MR) is 109 cm³/mol. The molecule has 0 unspecified atom stereocenters. The van der Waals surface area contributed by atoms with E-state index in [1.165, 1.54) is 0 Å². The summed E-state index contributed by atoms with van der Waals surface area (Å²) in [5.41, 5.74) is 2.05. The molecular weight excluding hydrogens is 421 g/mol. The zero-order valence-corrected chi connectivity index (χ0v) is 17.3. The Morgan fingerprint density at radius 1 is 1.10 bits per heavy atom. The molecule has 0 radical (unpaired) electrons. The highest BCUT2D eigenvalue weighted by atomic mass is 32.1. The number of ether oxygens (including phenoxy) is 1. The van der Waals surface area contributed by atoms with E-state index in [9.17, 15) is 13.2 Å². The van der Waals surface area contributed by atoms with Crippen molar-refractivity contribution < 1.29 is 17.9 Å². The monoisotopic (exact) mass is 440 g/mol. The van der Waals surface area contributed by atoms with E-state index in [1.54, 1.807) is 18.4 Å². The molecule has 4 rings (SSSR count). The van der Waals surface area contributed by atoms with Crippen LogP contribution in [0.1, 0.15) is 10.6 Å². The molecule has 0 bridgehead atoms. The third kappa shape index (κ3) is 4.71. The van der Waals surface area contributed by atoms with Crippen molar-refractivity contribution in [3.8, 4) is 16.3 Å². The number of hydrogen-bond acceptors (Lipinski definition) is 7. The quantitative estimate of drug-likeness (QED) is 0.579. The Morgan fingerprint density at radius 3 is 2.45 bits per heavy atom. The smallest absolute Gasteiger partial charge is 0.427 e. The standard InChI is InChI=1S/C19H19F3N4OS2/c1-27-15-4-2-13(3-5-15)17-24-14(12-28-17)11-25-6-8-26(9-7-25)18-23-10-16(29-18)19(20,21)22/h2-5,10,12H,6-9,11H2,1H3. The van der Waals surface area contributed by atoms with Gasteiger partial charge in [0.25, 0.3) is 0 Å². The lowest BCUT2D eigenvalue weighted by atomic mass is 10.2. The second-order valence-electron chi connectivity index (χ2n) is 6.64. The van der Waals surface area contributed by atoms with Crippen LogP contribution < -0.4 is 9.64 Å². The highest BCUT2D eigenvalue weighted by Crippen LogP contribution is 2.36. The van der Waals surface area contributed by atoms with E-state index in [0.29, 0.717) is 29.6 Å². The number of anilines is 1. The first-order chi connectivity index (χ1) is 13.9. The number of benzene rings is 1. The summed E-state index contributed by atoms with van der Waals surface area (Å²) in [5.74, 6) is 0.811. The van der Waals surface area contributed by atoms with Gasteiger partial charge in [0.1, 0.15) is 15.6 Å². The van der Waals surface area contributed by atoms with E-state index >= 15 is 0 Å². The summed E-state index contributed by atoms with van der Waals surface area (Å²) in [6.45, 7) is 3.55. The second-order valence-corrected chi connectivity index (χ2v) is 8.51. The van der Waals surface area contributed by atoms with Gasteiger partial charge in [-0.2, -0.15) is 13.2 Å². The van der Waals surface area contributed by atoms with E-state index in [0.717, 1.165) is 47.8 Å². The van der Waals surface area contributed by atoms with Crippen LogP contribution in [0.15, 0.2) is 35.8 Å². The minimum absolute atomic E-state index is 0.437. The lowest BCUT2D eigenvalue weighted by molar-refractivity contribution is -0.134. The van der Waals surface area contributed by atoms with Crippen LogP contribution >= 0.6 is 22.7 Å². The molecule has 2 aromatic heterocycles. The number of thiazole rings is 2. The summed E-state index contributed by atoms with van der Waals surface area (Å²) in [4.78, 5) is 12.2. The van der Waals surface area contributed by atoms with Crippen molar-refractivity contribution in [2.24, 2.45) is 0 Å². The molecular formula is C19H19F3N4OS2. The average Bonchev–Trinajstić information content (AvgIpc) is 3.38. The molecule has 154 valence electrons. The molecule has 3 heterocycles. The molecule has 0 spiro atoms. The van der Waals surface area contributed by atoms with Gasteiger partial charge in [0.05, 0.1) is 19.0 Å². The van der Waals surface area contributed by atoms with Crippen molar-refractivity contribution in [1.29, 1.82) is 0 Å². The van der Waals surface area contributed by atoms with Gasteiger partial charge >= 0.3 is 6.18 Å². The van der Waals surface area contributed by atoms with E-state index < -0.39 is 11.1 Å². The molecule has 3 aromatic rings. The topological polar surface area (TPSA) is 41.5 Å². The van der Waals surface area contributed by atoms with Crippen molar-refractivity contribution in [2.75, 3.05) is 38.2 Å². The molecule has 1 aliphatic heterocycles. The molecule has 0 saturated carbocycles. The van der Waals surface area contributed by atoms with Crippen LogP contribution in [-0.4, -0.2) is 48.2 Å². The van der Waals surface area contributed by atoms with Crippen molar-refractivity contribution in [1.82, 2.24) is 14.9 Å². The molecule has 1 fully saturated rings. The molecule has 1 saturated heterocycles. The summed E-state index contributed by atoms with van der Waals surface area (Å²) in [5, 5.41) is 3.46. The molecule has 0 aliphatic carbocycles. The maximum Gasteiger partial charge on any atom is 0.427 e. The fourth-order valence-corrected chi connectivity index (χ4v) is 4.77. The Bertz CT molecular complexity index is 947. The Morgan fingerprint density at radius 2 is 1.83 bits per heavy atom. The van der Waals surface area contributed by atoms with Gasteiger partial charge < -0.3 is 9.64 Å². The summed E-state index contributed by atoms with van der Waals surface area (Å²) in [6, 6.07) is 7.81. The first kappa shape index (κ1) is 20.1. The van der Waals surface area contributed by atoms with Crippen LogP contribution in [0.2, 0.25) is 0 Å². The molecule has 0 atom stereocenters. The number of nitrogens with zero attached hydrogens (tertiary/aromatic N) is 4. The van der Waals surface area contributed by atoms with E-state index in [-0.39, 0.29) is 0 Å². The number of rotatable bonds is 5. The van der Waals surface area contributed by atoms with Gasteiger partial charge in [0.2, 0.25) is 0 Å². The van der Waals surface area contributed by atoms with Gasteiger partial charge in [-0.25, -0.2) is 9.97 Å². The largest absolute Gasteiger partial charge is 0.497 e. The van der Waals surface area contributed by atoms with Crippen LogP contribution in [0.3, 0.4) is 0 Å². The number of piperazine rings is 1. The first-order valence-corrected chi connectivity index (χ1v) is 10.7. The number of halogens is 3. The zero-order chi connectivity index (χ0) is 20.4. The molecule has 29 heavy (non-hydrogen) atoms. The van der Waals surface area contributed by atoms with Crippen LogP contribution in [0.4, 0.5) is 18.3 Å². The third-order valence-corrected chi connectivity index (χ3v) is 6.73. The Balaban J connectivity index is 1.33. The molecule has 5 nitrogen and oxygen atoms in total. The average molecular weight is 441 g/mol. The predicted octanol–water partition coefficient (Wildman–Crippen LogP) is 4.62. The highest BCUT2D eigenvalue weighted by Gasteiger charge is 2.34. The van der Waals surface area contributed by atoms with Crippen LogP contribution in [-0.2, 0) is 12.7 Å². The van der Waals surface area contributed by atoms with E-state index in [1.807, 2.05) is 29.2 Å². The Kier molecular flexibility index (Phi) is 5.75. The molecule has 0 amide bonds. The lowest BCUT2D eigenvalue weighted by Crippen LogP contribution is -2.46. The van der Waals surface area contributed by atoms with Gasteiger partial charge in [-0.1, -0.05) is 11.3 Å². The second kappa shape index (κ2) is 8.29. The van der Waals surface area contributed by atoms with Gasteiger partial charge in [0, 0.05) is 43.7 Å². The summed E-state index contributed by atoms with van der Waals surface area (Å²) < 4.78 is 43.5. The van der Waals surface area contributed by atoms with Crippen molar-refractivity contribution in [2.45, 2.75) is 12.7 Å². The minimum atomic E-state index is -4.33. The van der Waals surface area contributed by atoms with Crippen LogP contribution in [0.5, 0.6) is 5.75 Å². The fraction of sp³-hybridized carbons (Fsp3) is 0.368. The maximum atomic E-state index is 12.8. The van der Waals surface area contributed by atoms with Crippen LogP contribution in [0.25, 0.3) is 10.6 Å². The lowest BCUT2D eigenvalue weighted by Gasteiger charge is -2.34. The number of hydrogen-bond donors (Lipinski definition) is 0. The SMILES string of the molecule is COc1ccc(-c2nc(CN3CCN(c4ncc(C(F)(F)F)s4)CC3)cs2)cc1. The normalized spacial score (nSPS) is 15.7. The number of alkyl halides is 3. The summed E-state index contributed by atoms with van der Waals surface area (Å²) in [7, 11) is 1.64. The molecule has 1 aliphatic rings. The van der Waals surface area contributed by atoms with Crippen molar-refractivity contribution in [3.05, 3.63) is 46.4 Å². The maximum absolute atomic E-state index is 12.8. The van der Waals surface area contributed by atoms with Gasteiger partial charge in [-0.15, -0.1) is 11.3 Å². The minimum Gasteiger partial charge on any atom is -0.497 e. The van der Waals surface area contributed by atoms with Crippen LogP contribution in [0, 0.1) is 0 Å². The van der Waals surface area contributed by atoms with E-state index in [2.05, 4.69) is 15.3 Å². The van der Waals surface area contributed by atoms with Gasteiger partial charge in [0.15, 0.2) is 5.13 Å². The Labute approximate surface area is 174 Å². The molecule has 1 aromatic carbocycles. The zero-order valence-electron chi connectivity index (χ0n) is 15.6.